The van der Waals surface area contributed by atoms with Gasteiger partial charge < -0.3 is 19.9 Å². The standard InChI is InChI=1S/C17H25NO3/c1-12-3-4-14(15(9-12)19-2)16(18)13-5-7-21-17(10-13)6-8-20-11-17/h3-4,9,13,16H,5-8,10-11,18H2,1-2H3. The van der Waals surface area contributed by atoms with Crippen molar-refractivity contribution in [3.8, 4) is 5.75 Å². The monoisotopic (exact) mass is 291 g/mol. The summed E-state index contributed by atoms with van der Waals surface area (Å²) in [4.78, 5) is 0. The Morgan fingerprint density at radius 3 is 2.95 bits per heavy atom. The fourth-order valence-electron chi connectivity index (χ4n) is 3.58. The summed E-state index contributed by atoms with van der Waals surface area (Å²) in [5, 5.41) is 0. The van der Waals surface area contributed by atoms with Crippen molar-refractivity contribution in [1.29, 1.82) is 0 Å². The van der Waals surface area contributed by atoms with Crippen molar-refractivity contribution in [2.45, 2.75) is 37.8 Å². The Morgan fingerprint density at radius 1 is 1.38 bits per heavy atom. The zero-order valence-electron chi connectivity index (χ0n) is 12.9. The van der Waals surface area contributed by atoms with Crippen LogP contribution in [0.3, 0.4) is 0 Å². The molecule has 3 unspecified atom stereocenters. The van der Waals surface area contributed by atoms with Gasteiger partial charge >= 0.3 is 0 Å². The van der Waals surface area contributed by atoms with Crippen LogP contribution in [0.25, 0.3) is 0 Å². The van der Waals surface area contributed by atoms with Crippen LogP contribution in [0.1, 0.15) is 36.4 Å². The van der Waals surface area contributed by atoms with Crippen molar-refractivity contribution in [3.63, 3.8) is 0 Å². The topological polar surface area (TPSA) is 53.7 Å². The molecule has 2 aliphatic heterocycles. The van der Waals surface area contributed by atoms with Crippen molar-refractivity contribution in [1.82, 2.24) is 0 Å². The number of benzene rings is 1. The second-order valence-electron chi connectivity index (χ2n) is 6.36. The first kappa shape index (κ1) is 14.8. The van der Waals surface area contributed by atoms with Crippen molar-refractivity contribution in [3.05, 3.63) is 29.3 Å². The molecule has 1 spiro atoms. The van der Waals surface area contributed by atoms with Gasteiger partial charge in [-0.1, -0.05) is 12.1 Å². The molecule has 0 aromatic heterocycles. The first-order chi connectivity index (χ1) is 10.1. The van der Waals surface area contributed by atoms with E-state index in [0.717, 1.165) is 43.8 Å². The normalized spacial score (nSPS) is 30.5. The smallest absolute Gasteiger partial charge is 0.123 e. The molecular formula is C17H25NO3. The first-order valence-electron chi connectivity index (χ1n) is 7.75. The summed E-state index contributed by atoms with van der Waals surface area (Å²) in [5.41, 5.74) is 8.76. The van der Waals surface area contributed by atoms with Gasteiger partial charge in [0.1, 0.15) is 5.75 Å². The number of rotatable bonds is 3. The summed E-state index contributed by atoms with van der Waals surface area (Å²) in [6.45, 7) is 4.35. The molecule has 4 nitrogen and oxygen atoms in total. The minimum absolute atomic E-state index is 0.0121. The highest BCUT2D eigenvalue weighted by Gasteiger charge is 2.42. The summed E-state index contributed by atoms with van der Waals surface area (Å²) >= 11 is 0. The van der Waals surface area contributed by atoms with Gasteiger partial charge in [0.2, 0.25) is 0 Å². The highest BCUT2D eigenvalue weighted by Crippen LogP contribution is 2.41. The Labute approximate surface area is 126 Å². The highest BCUT2D eigenvalue weighted by atomic mass is 16.6. The van der Waals surface area contributed by atoms with Crippen molar-refractivity contribution in [2.24, 2.45) is 11.7 Å². The van der Waals surface area contributed by atoms with E-state index in [-0.39, 0.29) is 11.6 Å². The van der Waals surface area contributed by atoms with Crippen LogP contribution in [0, 0.1) is 12.8 Å². The molecule has 3 rings (SSSR count). The van der Waals surface area contributed by atoms with Gasteiger partial charge in [0.15, 0.2) is 0 Å². The van der Waals surface area contributed by atoms with Crippen LogP contribution in [0.15, 0.2) is 18.2 Å². The number of ether oxygens (including phenoxy) is 3. The quantitative estimate of drug-likeness (QED) is 0.930. The predicted molar refractivity (Wildman–Crippen MR) is 81.5 cm³/mol. The minimum Gasteiger partial charge on any atom is -0.496 e. The predicted octanol–water partition coefficient (Wildman–Crippen LogP) is 2.59. The number of aryl methyl sites for hydroxylation is 1. The zero-order valence-corrected chi connectivity index (χ0v) is 12.9. The average molecular weight is 291 g/mol. The molecule has 21 heavy (non-hydrogen) atoms. The van der Waals surface area contributed by atoms with Crippen LogP contribution in [0.2, 0.25) is 0 Å². The van der Waals surface area contributed by atoms with Gasteiger partial charge in [-0.15, -0.1) is 0 Å². The summed E-state index contributed by atoms with van der Waals surface area (Å²) in [5.74, 6) is 1.31. The second-order valence-corrected chi connectivity index (χ2v) is 6.36. The van der Waals surface area contributed by atoms with Gasteiger partial charge in [0.05, 0.1) is 19.3 Å². The van der Waals surface area contributed by atoms with E-state index in [1.54, 1.807) is 7.11 Å². The molecule has 0 amide bonds. The van der Waals surface area contributed by atoms with Crippen LogP contribution >= 0.6 is 0 Å². The Morgan fingerprint density at radius 2 is 2.24 bits per heavy atom. The van der Waals surface area contributed by atoms with E-state index in [2.05, 4.69) is 25.1 Å². The lowest BCUT2D eigenvalue weighted by Gasteiger charge is -2.39. The number of nitrogens with two attached hydrogens (primary N) is 1. The first-order valence-corrected chi connectivity index (χ1v) is 7.75. The van der Waals surface area contributed by atoms with Gasteiger partial charge in [-0.3, -0.25) is 0 Å². The van der Waals surface area contributed by atoms with Crippen LogP contribution in [0.4, 0.5) is 0 Å². The molecule has 2 saturated heterocycles. The average Bonchev–Trinajstić information content (AvgIpc) is 2.94. The Kier molecular flexibility index (Phi) is 4.20. The van der Waals surface area contributed by atoms with E-state index < -0.39 is 0 Å². The van der Waals surface area contributed by atoms with Gasteiger partial charge in [-0.05, 0) is 37.3 Å². The lowest BCUT2D eigenvalue weighted by Crippen LogP contribution is -2.43. The Hall–Kier alpha value is -1.10. The zero-order chi connectivity index (χ0) is 14.9. The van der Waals surface area contributed by atoms with Gasteiger partial charge in [-0.2, -0.15) is 0 Å². The molecular weight excluding hydrogens is 266 g/mol. The molecule has 0 aliphatic carbocycles. The third-order valence-corrected chi connectivity index (χ3v) is 4.85. The van der Waals surface area contributed by atoms with E-state index in [9.17, 15) is 0 Å². The van der Waals surface area contributed by atoms with Gasteiger partial charge in [-0.25, -0.2) is 0 Å². The van der Waals surface area contributed by atoms with E-state index in [1.807, 2.05) is 0 Å². The third-order valence-electron chi connectivity index (χ3n) is 4.85. The molecule has 2 fully saturated rings. The fraction of sp³-hybridized carbons (Fsp3) is 0.647. The minimum atomic E-state index is -0.0987. The highest BCUT2D eigenvalue weighted by molar-refractivity contribution is 5.39. The summed E-state index contributed by atoms with van der Waals surface area (Å²) in [6, 6.07) is 6.25. The van der Waals surface area contributed by atoms with Crippen LogP contribution in [-0.4, -0.2) is 32.5 Å². The molecule has 0 bridgehead atoms. The maximum atomic E-state index is 6.57. The molecule has 0 saturated carbocycles. The molecule has 116 valence electrons. The van der Waals surface area contributed by atoms with E-state index >= 15 is 0 Å². The molecule has 2 N–H and O–H groups in total. The lowest BCUT2D eigenvalue weighted by atomic mass is 9.79. The van der Waals surface area contributed by atoms with Crippen molar-refractivity contribution < 1.29 is 14.2 Å². The summed E-state index contributed by atoms with van der Waals surface area (Å²) < 4.78 is 17.1. The van der Waals surface area contributed by atoms with Crippen molar-refractivity contribution in [2.75, 3.05) is 26.9 Å². The fourth-order valence-corrected chi connectivity index (χ4v) is 3.58. The SMILES string of the molecule is COc1cc(C)ccc1C(N)C1CCOC2(CCOC2)C1. The molecule has 4 heteroatoms. The lowest BCUT2D eigenvalue weighted by molar-refractivity contribution is -0.101. The Balaban J connectivity index is 1.79. The largest absolute Gasteiger partial charge is 0.496 e. The molecule has 2 aliphatic rings. The Bertz CT molecular complexity index is 497. The van der Waals surface area contributed by atoms with E-state index in [1.165, 1.54) is 5.56 Å². The molecule has 1 aromatic carbocycles. The summed E-state index contributed by atoms with van der Waals surface area (Å²) in [6.07, 6.45) is 2.96. The van der Waals surface area contributed by atoms with Gasteiger partial charge in [0.25, 0.3) is 0 Å². The maximum Gasteiger partial charge on any atom is 0.123 e. The van der Waals surface area contributed by atoms with Crippen molar-refractivity contribution >= 4 is 0 Å². The van der Waals surface area contributed by atoms with Crippen LogP contribution in [0.5, 0.6) is 5.75 Å². The molecule has 3 atom stereocenters. The van der Waals surface area contributed by atoms with E-state index in [4.69, 9.17) is 19.9 Å². The molecule has 1 aromatic rings. The maximum absolute atomic E-state index is 6.57. The third kappa shape index (κ3) is 2.93. The number of methoxy groups -OCH3 is 1. The van der Waals surface area contributed by atoms with Gasteiger partial charge in [0, 0.05) is 31.2 Å². The second kappa shape index (κ2) is 5.95. The molecule has 2 heterocycles. The van der Waals surface area contributed by atoms with Crippen LogP contribution < -0.4 is 10.5 Å². The van der Waals surface area contributed by atoms with Crippen LogP contribution in [-0.2, 0) is 9.47 Å². The number of hydrogen-bond donors (Lipinski definition) is 1. The number of hydrogen-bond acceptors (Lipinski definition) is 4. The molecule has 0 radical (unpaired) electrons. The summed E-state index contributed by atoms with van der Waals surface area (Å²) in [7, 11) is 1.71. The van der Waals surface area contributed by atoms with E-state index in [0.29, 0.717) is 12.5 Å².